The highest BCUT2D eigenvalue weighted by molar-refractivity contribution is 5.77. The van der Waals surface area contributed by atoms with Crippen LogP contribution in [0.4, 0.5) is 5.95 Å². The smallest absolute Gasteiger partial charge is 0.247 e. The van der Waals surface area contributed by atoms with Crippen molar-refractivity contribution in [2.75, 3.05) is 18.9 Å². The molecule has 0 spiro atoms. The molecule has 8 nitrogen and oxygen atoms in total. The predicted molar refractivity (Wildman–Crippen MR) is 133 cm³/mol. The van der Waals surface area contributed by atoms with E-state index < -0.39 is 0 Å². The van der Waals surface area contributed by atoms with Gasteiger partial charge in [0.05, 0.1) is 19.5 Å². The summed E-state index contributed by atoms with van der Waals surface area (Å²) in [6.07, 6.45) is 2.65. The molecule has 0 saturated heterocycles. The van der Waals surface area contributed by atoms with E-state index in [0.29, 0.717) is 42.8 Å². The van der Waals surface area contributed by atoms with Crippen LogP contribution in [0.5, 0.6) is 5.88 Å². The number of nitrogens with two attached hydrogens (primary N) is 1. The van der Waals surface area contributed by atoms with Crippen LogP contribution in [-0.4, -0.2) is 37.8 Å². The average molecular weight is 474 g/mol. The van der Waals surface area contributed by atoms with Crippen LogP contribution in [-0.2, 0) is 18.0 Å². The molecule has 3 N–H and O–H groups in total. The van der Waals surface area contributed by atoms with Gasteiger partial charge in [-0.1, -0.05) is 67.6 Å². The first-order chi connectivity index (χ1) is 17.1. The van der Waals surface area contributed by atoms with Crippen LogP contribution in [0, 0.1) is 17.8 Å². The zero-order valence-corrected chi connectivity index (χ0v) is 19.8. The second-order valence-corrected chi connectivity index (χ2v) is 9.28. The number of anilines is 1. The number of ether oxygens (including phenoxy) is 2. The van der Waals surface area contributed by atoms with Crippen LogP contribution in [0.2, 0.25) is 0 Å². The zero-order valence-electron chi connectivity index (χ0n) is 19.8. The molecule has 5 rings (SSSR count). The maximum atomic E-state index is 10.4. The standard InChI is InChI=1S/C27H31N5O3/c1-18-12-23(21(13-33)22(18)16-34-14-19-8-4-2-5-9-19)32-17-29-24-25(32)30-27(28)31-26(24)35-15-20-10-6-3-7-11-20/h2-11,17-18,21-23,33H,12-16H2,1H3,(H2,28,30,31)/t18-,21-,22+,23-/m0/s1. The molecule has 0 unspecified atom stereocenters. The summed E-state index contributed by atoms with van der Waals surface area (Å²) in [6, 6.07) is 20.1. The van der Waals surface area contributed by atoms with Gasteiger partial charge in [0.2, 0.25) is 11.8 Å². The highest BCUT2D eigenvalue weighted by atomic mass is 16.5. The molecule has 182 valence electrons. The van der Waals surface area contributed by atoms with Gasteiger partial charge in [-0.3, -0.25) is 0 Å². The molecule has 1 aliphatic carbocycles. The van der Waals surface area contributed by atoms with Crippen LogP contribution < -0.4 is 10.5 Å². The lowest BCUT2D eigenvalue weighted by atomic mass is 9.91. The number of rotatable bonds is 9. The third-order valence-corrected chi connectivity index (χ3v) is 7.00. The minimum atomic E-state index is 0.0167. The third-order valence-electron chi connectivity index (χ3n) is 7.00. The first-order valence-electron chi connectivity index (χ1n) is 12.0. The first kappa shape index (κ1) is 23.3. The van der Waals surface area contributed by atoms with Crippen molar-refractivity contribution in [1.82, 2.24) is 19.5 Å². The Bertz CT molecular complexity index is 1250. The van der Waals surface area contributed by atoms with Gasteiger partial charge in [-0.15, -0.1) is 0 Å². The Labute approximate surface area is 204 Å². The summed E-state index contributed by atoms with van der Waals surface area (Å²) in [5.74, 6) is 1.11. The summed E-state index contributed by atoms with van der Waals surface area (Å²) in [4.78, 5) is 13.4. The number of aromatic nitrogens is 4. The Morgan fingerprint density at radius 3 is 2.34 bits per heavy atom. The van der Waals surface area contributed by atoms with E-state index in [1.165, 1.54) is 0 Å². The first-order valence-corrected chi connectivity index (χ1v) is 12.0. The molecule has 2 aromatic heterocycles. The fraction of sp³-hybridized carbons (Fsp3) is 0.370. The Hall–Kier alpha value is -3.49. The molecule has 1 aliphatic rings. The van der Waals surface area contributed by atoms with Gasteiger partial charge >= 0.3 is 0 Å². The number of aliphatic hydroxyl groups is 1. The van der Waals surface area contributed by atoms with E-state index in [4.69, 9.17) is 15.2 Å². The summed E-state index contributed by atoms with van der Waals surface area (Å²) < 4.78 is 14.1. The number of nitrogen functional groups attached to an aromatic ring is 1. The number of benzene rings is 2. The van der Waals surface area contributed by atoms with Gasteiger partial charge in [0.25, 0.3) is 0 Å². The summed E-state index contributed by atoms with van der Waals surface area (Å²) in [6.45, 7) is 3.79. The number of aliphatic hydroxyl groups excluding tert-OH is 1. The largest absolute Gasteiger partial charge is 0.471 e. The molecule has 0 aliphatic heterocycles. The quantitative estimate of drug-likeness (QED) is 0.378. The van der Waals surface area contributed by atoms with E-state index in [1.807, 2.05) is 53.1 Å². The number of hydrogen-bond acceptors (Lipinski definition) is 7. The van der Waals surface area contributed by atoms with Crippen LogP contribution in [0.3, 0.4) is 0 Å². The summed E-state index contributed by atoms with van der Waals surface area (Å²) in [5.41, 5.74) is 9.42. The highest BCUT2D eigenvalue weighted by Crippen LogP contribution is 2.45. The van der Waals surface area contributed by atoms with Crippen molar-refractivity contribution in [2.24, 2.45) is 17.8 Å². The SMILES string of the molecule is C[C@H]1C[C@H](n2cnc3c(OCc4ccccc4)nc(N)nc32)[C@@H](CO)[C@@H]1COCc1ccccc1. The second kappa shape index (κ2) is 10.4. The zero-order chi connectivity index (χ0) is 24.2. The molecule has 1 saturated carbocycles. The van der Waals surface area contributed by atoms with Crippen molar-refractivity contribution < 1.29 is 14.6 Å². The number of imidazole rings is 1. The fourth-order valence-electron chi connectivity index (χ4n) is 5.17. The molecule has 2 aromatic carbocycles. The summed E-state index contributed by atoms with van der Waals surface area (Å²) in [5, 5.41) is 10.4. The Morgan fingerprint density at radius 1 is 0.971 bits per heavy atom. The van der Waals surface area contributed by atoms with Crippen molar-refractivity contribution in [3.8, 4) is 5.88 Å². The molecule has 35 heavy (non-hydrogen) atoms. The van der Waals surface area contributed by atoms with E-state index in [1.54, 1.807) is 6.33 Å². The van der Waals surface area contributed by atoms with Gasteiger partial charge < -0.3 is 24.9 Å². The lowest BCUT2D eigenvalue weighted by molar-refractivity contribution is 0.0423. The number of fused-ring (bicyclic) bond motifs is 1. The van der Waals surface area contributed by atoms with Crippen molar-refractivity contribution in [3.63, 3.8) is 0 Å². The minimum absolute atomic E-state index is 0.0167. The average Bonchev–Trinajstić information content (AvgIpc) is 3.44. The van der Waals surface area contributed by atoms with E-state index in [0.717, 1.165) is 17.5 Å². The molecule has 4 aromatic rings. The lowest BCUT2D eigenvalue weighted by Gasteiger charge is -2.25. The van der Waals surface area contributed by atoms with Crippen LogP contribution in [0.1, 0.15) is 30.5 Å². The van der Waals surface area contributed by atoms with Crippen LogP contribution >= 0.6 is 0 Å². The molecule has 0 bridgehead atoms. The van der Waals surface area contributed by atoms with Crippen molar-refractivity contribution in [3.05, 3.63) is 78.1 Å². The van der Waals surface area contributed by atoms with Crippen LogP contribution in [0.15, 0.2) is 67.0 Å². The topological polar surface area (TPSA) is 108 Å². The van der Waals surface area contributed by atoms with E-state index in [2.05, 4.69) is 34.0 Å². The summed E-state index contributed by atoms with van der Waals surface area (Å²) >= 11 is 0. The monoisotopic (exact) mass is 473 g/mol. The maximum absolute atomic E-state index is 10.4. The second-order valence-electron chi connectivity index (χ2n) is 9.28. The Balaban J connectivity index is 1.34. The van der Waals surface area contributed by atoms with Crippen molar-refractivity contribution >= 4 is 17.1 Å². The normalized spacial score (nSPS) is 22.0. The van der Waals surface area contributed by atoms with Crippen molar-refractivity contribution in [2.45, 2.75) is 32.6 Å². The number of nitrogens with zero attached hydrogens (tertiary/aromatic N) is 4. The van der Waals surface area contributed by atoms with Gasteiger partial charge in [-0.05, 0) is 29.4 Å². The lowest BCUT2D eigenvalue weighted by Crippen LogP contribution is -2.26. The van der Waals surface area contributed by atoms with Gasteiger partial charge in [-0.2, -0.15) is 9.97 Å². The molecular formula is C27H31N5O3. The molecule has 2 heterocycles. The van der Waals surface area contributed by atoms with Crippen molar-refractivity contribution in [1.29, 1.82) is 0 Å². The maximum Gasteiger partial charge on any atom is 0.247 e. The Kier molecular flexibility index (Phi) is 6.92. The third kappa shape index (κ3) is 4.99. The van der Waals surface area contributed by atoms with Gasteiger partial charge in [-0.25, -0.2) is 4.98 Å². The predicted octanol–water partition coefficient (Wildman–Crippen LogP) is 4.01. The molecule has 0 radical (unpaired) electrons. The van der Waals surface area contributed by atoms with Crippen LogP contribution in [0.25, 0.3) is 11.2 Å². The van der Waals surface area contributed by atoms with Gasteiger partial charge in [0, 0.05) is 18.6 Å². The molecule has 4 atom stereocenters. The van der Waals surface area contributed by atoms with Gasteiger partial charge in [0.1, 0.15) is 6.61 Å². The fourth-order valence-corrected chi connectivity index (χ4v) is 5.17. The Morgan fingerprint density at radius 2 is 1.66 bits per heavy atom. The summed E-state index contributed by atoms with van der Waals surface area (Å²) in [7, 11) is 0. The minimum Gasteiger partial charge on any atom is -0.471 e. The van der Waals surface area contributed by atoms with E-state index >= 15 is 0 Å². The molecule has 8 heteroatoms. The van der Waals surface area contributed by atoms with E-state index in [-0.39, 0.29) is 30.4 Å². The molecule has 0 amide bonds. The number of hydrogen-bond donors (Lipinski definition) is 2. The molecular weight excluding hydrogens is 442 g/mol. The highest BCUT2D eigenvalue weighted by Gasteiger charge is 2.42. The van der Waals surface area contributed by atoms with E-state index in [9.17, 15) is 5.11 Å². The van der Waals surface area contributed by atoms with Gasteiger partial charge in [0.15, 0.2) is 11.2 Å². The molecule has 1 fully saturated rings.